The Hall–Kier alpha value is -2.69. The largest absolute Gasteiger partial charge is 0.497 e. The molecule has 15 heteroatoms. The number of nitrogens with one attached hydrogen (secondary N) is 3. The van der Waals surface area contributed by atoms with Crippen molar-refractivity contribution in [3.05, 3.63) is 35.9 Å². The van der Waals surface area contributed by atoms with E-state index in [9.17, 15) is 24.6 Å². The fourth-order valence-electron chi connectivity index (χ4n) is 8.07. The number of ether oxygens (including phenoxy) is 2. The van der Waals surface area contributed by atoms with E-state index in [-0.39, 0.29) is 12.6 Å². The van der Waals surface area contributed by atoms with Crippen molar-refractivity contribution in [1.29, 1.82) is 0 Å². The smallest absolute Gasteiger partial charge is 0.426 e. The normalized spacial score (nSPS) is 32.3. The number of rotatable bonds is 11. The molecule has 5 rings (SSSR count). The average molecular weight is 652 g/mol. The van der Waals surface area contributed by atoms with Crippen LogP contribution >= 0.6 is 21.6 Å². The monoisotopic (exact) mass is 651 g/mol. The third-order valence-electron chi connectivity index (χ3n) is 9.87. The summed E-state index contributed by atoms with van der Waals surface area (Å²) in [7, 11) is 7.66. The van der Waals surface area contributed by atoms with Crippen LogP contribution in [0.2, 0.25) is 0 Å². The molecule has 1 saturated carbocycles. The van der Waals surface area contributed by atoms with E-state index in [4.69, 9.17) is 14.6 Å². The van der Waals surface area contributed by atoms with E-state index in [1.807, 2.05) is 49.2 Å². The van der Waals surface area contributed by atoms with Crippen molar-refractivity contribution < 1.29 is 39.2 Å². The number of amides is 2. The molecule has 44 heavy (non-hydrogen) atoms. The van der Waals surface area contributed by atoms with Gasteiger partial charge in [0, 0.05) is 53.7 Å². The highest BCUT2D eigenvalue weighted by Crippen LogP contribution is 2.66. The summed E-state index contributed by atoms with van der Waals surface area (Å²) >= 11 is 0. The summed E-state index contributed by atoms with van der Waals surface area (Å²) in [6, 6.07) is 4.11. The Morgan fingerprint density at radius 3 is 2.66 bits per heavy atom. The lowest BCUT2D eigenvalue weighted by atomic mass is 9.47. The summed E-state index contributed by atoms with van der Waals surface area (Å²) in [6.45, 7) is 3.43. The second-order valence-electron chi connectivity index (χ2n) is 11.7. The van der Waals surface area contributed by atoms with Gasteiger partial charge in [-0.25, -0.2) is 10.2 Å². The number of carboxylic acid groups (broad SMARTS) is 1. The molecule has 2 fully saturated rings. The summed E-state index contributed by atoms with van der Waals surface area (Å²) < 4.78 is 10.7. The van der Waals surface area contributed by atoms with E-state index < -0.39 is 52.6 Å². The van der Waals surface area contributed by atoms with Gasteiger partial charge < -0.3 is 35.0 Å². The third-order valence-corrected chi connectivity index (χ3v) is 12.2. The number of hydrogen-bond acceptors (Lipinski definition) is 12. The van der Waals surface area contributed by atoms with Crippen LogP contribution in [0.3, 0.4) is 0 Å². The molecular formula is C29H41N5O8S2. The number of carboxylic acids is 1. The molecule has 7 atom stereocenters. The Balaban J connectivity index is 1.34. The van der Waals surface area contributed by atoms with E-state index in [2.05, 4.69) is 21.1 Å². The van der Waals surface area contributed by atoms with Crippen LogP contribution in [0.25, 0.3) is 0 Å². The average Bonchev–Trinajstić information content (AvgIpc) is 3.53. The zero-order valence-corrected chi connectivity index (χ0v) is 26.9. The predicted molar refractivity (Wildman–Crippen MR) is 168 cm³/mol. The minimum absolute atomic E-state index is 0.0103. The van der Waals surface area contributed by atoms with E-state index in [1.165, 1.54) is 21.6 Å². The standard InChI is InChI=1S/C29H41N5O8S2/c1-5-27-9-6-11-34-12-10-28(22(27)34)18-8-7-17(41-4)15-20(18)33(3)23(28)29(40,24(27)37)25(38)31-32-26(39)42-13-14-43-44-16-19(30-2)21(35)36/h6-9,15,19,22-24,30,37,40H,5,10-14,16H2,1-4H3,(H,31,38)(H,32,39)(H,35,36)/t19-,22?,23-,24-,27-,28-,29+/m1/s1. The first-order valence-electron chi connectivity index (χ1n) is 14.6. The lowest BCUT2D eigenvalue weighted by molar-refractivity contribution is -0.204. The summed E-state index contributed by atoms with van der Waals surface area (Å²) in [6.07, 6.45) is 2.71. The van der Waals surface area contributed by atoms with Gasteiger partial charge in [-0.2, -0.15) is 0 Å². The van der Waals surface area contributed by atoms with Gasteiger partial charge >= 0.3 is 12.1 Å². The third kappa shape index (κ3) is 4.92. The first-order valence-corrected chi connectivity index (χ1v) is 17.1. The molecule has 242 valence electrons. The molecule has 2 amide bonds. The molecular weight excluding hydrogens is 610 g/mol. The van der Waals surface area contributed by atoms with E-state index in [0.717, 1.165) is 17.8 Å². The summed E-state index contributed by atoms with van der Waals surface area (Å²) in [5.74, 6) is -0.506. The number of hydrogen-bond donors (Lipinski definition) is 6. The number of aliphatic hydroxyl groups excluding tert-OH is 1. The number of anilines is 1. The van der Waals surface area contributed by atoms with Gasteiger partial charge in [0.25, 0.3) is 5.91 Å². The van der Waals surface area contributed by atoms with Crippen LogP contribution in [0.4, 0.5) is 10.5 Å². The van der Waals surface area contributed by atoms with Crippen LogP contribution in [0.1, 0.15) is 25.3 Å². The fourth-order valence-corrected chi connectivity index (χ4v) is 10.1. The molecule has 1 spiro atoms. The number of likely N-dealkylation sites (N-methyl/N-ethyl adjacent to an activating group) is 2. The first-order chi connectivity index (χ1) is 21.0. The molecule has 1 aromatic rings. The van der Waals surface area contributed by atoms with Gasteiger partial charge in [-0.05, 0) is 38.1 Å². The van der Waals surface area contributed by atoms with Crippen molar-refractivity contribution in [3.8, 4) is 5.75 Å². The number of fused-ring (bicyclic) bond motifs is 1. The molecule has 1 unspecified atom stereocenters. The summed E-state index contributed by atoms with van der Waals surface area (Å²) in [5, 5.41) is 36.4. The molecule has 1 saturated heterocycles. The number of aliphatic carboxylic acids is 1. The predicted octanol–water partition coefficient (Wildman–Crippen LogP) is 0.709. The molecule has 0 aromatic heterocycles. The maximum absolute atomic E-state index is 14.0. The second-order valence-corrected chi connectivity index (χ2v) is 14.3. The molecule has 1 aliphatic carbocycles. The van der Waals surface area contributed by atoms with Gasteiger partial charge in [-0.1, -0.05) is 46.7 Å². The van der Waals surface area contributed by atoms with Crippen molar-refractivity contribution >= 4 is 45.2 Å². The molecule has 4 aliphatic rings. The van der Waals surface area contributed by atoms with Gasteiger partial charge in [0.2, 0.25) is 0 Å². The molecule has 0 radical (unpaired) electrons. The van der Waals surface area contributed by atoms with Gasteiger partial charge in [0.15, 0.2) is 5.60 Å². The SMILES string of the molecule is CC[C@]12C=CCN3CC[C@@]4(c5ccc(OC)cc5N(C)[C@H]4[C@@](O)(C(=O)NNC(=O)OCCSSC[C@@H](NC)C(=O)O)[C@@H]1O)C32. The highest BCUT2D eigenvalue weighted by Gasteiger charge is 2.78. The van der Waals surface area contributed by atoms with Crippen LogP contribution in [0.15, 0.2) is 30.4 Å². The van der Waals surface area contributed by atoms with Crippen LogP contribution in [-0.2, 0) is 19.7 Å². The number of methoxy groups -OCH3 is 1. The molecule has 6 N–H and O–H groups in total. The van der Waals surface area contributed by atoms with Gasteiger partial charge in [0.05, 0.1) is 13.2 Å². The van der Waals surface area contributed by atoms with Crippen molar-refractivity contribution in [3.63, 3.8) is 0 Å². The maximum atomic E-state index is 14.0. The van der Waals surface area contributed by atoms with Crippen LogP contribution in [0, 0.1) is 5.41 Å². The van der Waals surface area contributed by atoms with Crippen molar-refractivity contribution in [2.75, 3.05) is 57.3 Å². The number of carbonyl (C=O) groups is 3. The van der Waals surface area contributed by atoms with E-state index in [0.29, 0.717) is 36.6 Å². The van der Waals surface area contributed by atoms with Crippen LogP contribution in [0.5, 0.6) is 5.75 Å². The zero-order chi connectivity index (χ0) is 31.9. The van der Waals surface area contributed by atoms with E-state index >= 15 is 0 Å². The Morgan fingerprint density at radius 2 is 1.98 bits per heavy atom. The highest BCUT2D eigenvalue weighted by atomic mass is 33.1. The molecule has 3 heterocycles. The number of hydrazine groups is 1. The van der Waals surface area contributed by atoms with Gasteiger partial charge in [0.1, 0.15) is 24.5 Å². The Kier molecular flexibility index (Phi) is 9.36. The number of benzene rings is 1. The van der Waals surface area contributed by atoms with Gasteiger partial charge in [-0.3, -0.25) is 19.9 Å². The fraction of sp³-hybridized carbons (Fsp3) is 0.621. The second kappa shape index (κ2) is 12.6. The van der Waals surface area contributed by atoms with Crippen molar-refractivity contribution in [1.82, 2.24) is 21.1 Å². The molecule has 3 aliphatic heterocycles. The Bertz CT molecular complexity index is 1320. The lowest BCUT2D eigenvalue weighted by Crippen LogP contribution is -2.82. The van der Waals surface area contributed by atoms with E-state index in [1.54, 1.807) is 14.2 Å². The Labute approximate surface area is 264 Å². The molecule has 1 aromatic carbocycles. The first kappa shape index (κ1) is 32.7. The minimum atomic E-state index is -2.32. The summed E-state index contributed by atoms with van der Waals surface area (Å²) in [5.41, 5.74) is 2.45. The summed E-state index contributed by atoms with van der Waals surface area (Å²) in [4.78, 5) is 41.8. The quantitative estimate of drug-likeness (QED) is 0.0856. The van der Waals surface area contributed by atoms with Crippen LogP contribution < -0.4 is 25.8 Å². The topological polar surface area (TPSA) is 173 Å². The number of carbonyl (C=O) groups excluding carboxylic acids is 2. The Morgan fingerprint density at radius 1 is 1.20 bits per heavy atom. The van der Waals surface area contributed by atoms with Crippen molar-refractivity contribution in [2.45, 2.75) is 55.0 Å². The number of nitrogens with zero attached hydrogens (tertiary/aromatic N) is 2. The lowest BCUT2D eigenvalue weighted by Gasteiger charge is -2.63. The van der Waals surface area contributed by atoms with Crippen molar-refractivity contribution in [2.24, 2.45) is 5.41 Å². The molecule has 0 bridgehead atoms. The number of aliphatic hydroxyl groups is 2. The zero-order valence-electron chi connectivity index (χ0n) is 25.2. The van der Waals surface area contributed by atoms with Gasteiger partial charge in [-0.15, -0.1) is 0 Å². The van der Waals surface area contributed by atoms with Crippen LogP contribution in [-0.4, -0.2) is 120 Å². The maximum Gasteiger partial charge on any atom is 0.426 e. The minimum Gasteiger partial charge on any atom is -0.497 e. The molecule has 13 nitrogen and oxygen atoms in total. The highest BCUT2D eigenvalue weighted by molar-refractivity contribution is 8.76.